The third kappa shape index (κ3) is 5.88. The summed E-state index contributed by atoms with van der Waals surface area (Å²) in [4.78, 5) is 10.4. The number of hydrogen-bond donors (Lipinski definition) is 0. The predicted octanol–water partition coefficient (Wildman–Crippen LogP) is 5.69. The lowest BCUT2D eigenvalue weighted by molar-refractivity contribution is 0.309. The van der Waals surface area contributed by atoms with E-state index >= 15 is 0 Å². The smallest absolute Gasteiger partial charge is 0.237 e. The van der Waals surface area contributed by atoms with Gasteiger partial charge in [-0.15, -0.1) is 0 Å². The summed E-state index contributed by atoms with van der Waals surface area (Å²) in [7, 11) is 0. The summed E-state index contributed by atoms with van der Waals surface area (Å²) >= 11 is 0. The Morgan fingerprint density at radius 1 is 1.34 bits per heavy atom. The van der Waals surface area contributed by atoms with Crippen molar-refractivity contribution >= 4 is 11.6 Å². The normalized spacial score (nSPS) is 11.5. The van der Waals surface area contributed by atoms with Gasteiger partial charge in [0, 0.05) is 12.6 Å². The molecule has 0 amide bonds. The van der Waals surface area contributed by atoms with Crippen LogP contribution in [0.15, 0.2) is 79.4 Å². The van der Waals surface area contributed by atoms with Gasteiger partial charge in [-0.2, -0.15) is 10.2 Å². The molecule has 148 valence electrons. The molecule has 0 saturated carbocycles. The van der Waals surface area contributed by atoms with Crippen molar-refractivity contribution in [2.24, 2.45) is 0 Å². The van der Waals surface area contributed by atoms with E-state index in [-0.39, 0.29) is 23.9 Å². The Morgan fingerprint density at radius 3 is 2.72 bits per heavy atom. The summed E-state index contributed by atoms with van der Waals surface area (Å²) in [6.07, 6.45) is 8.16. The van der Waals surface area contributed by atoms with Crippen molar-refractivity contribution in [1.29, 1.82) is 5.26 Å². The number of nitriles is 1. The van der Waals surface area contributed by atoms with E-state index in [2.05, 4.69) is 23.1 Å². The highest BCUT2D eigenvalue weighted by Crippen LogP contribution is 2.28. The highest BCUT2D eigenvalue weighted by atomic mass is 19.1. The molecule has 0 saturated heterocycles. The van der Waals surface area contributed by atoms with Crippen LogP contribution in [0.25, 0.3) is 0 Å². The highest BCUT2D eigenvalue weighted by Gasteiger charge is 2.15. The molecule has 0 aliphatic heterocycles. The van der Waals surface area contributed by atoms with Crippen LogP contribution in [-0.4, -0.2) is 16.6 Å². The lowest BCUT2D eigenvalue weighted by Crippen LogP contribution is -2.14. The van der Waals surface area contributed by atoms with E-state index in [1.54, 1.807) is 23.3 Å². The molecule has 1 aromatic carbocycles. The first-order chi connectivity index (χ1) is 14.0. The van der Waals surface area contributed by atoms with Crippen LogP contribution in [0.1, 0.15) is 24.5 Å². The molecule has 0 aliphatic rings. The first kappa shape index (κ1) is 21.6. The van der Waals surface area contributed by atoms with Crippen LogP contribution in [0.2, 0.25) is 0 Å². The Labute approximate surface area is 170 Å². The SMILES string of the molecule is C=C/C=C(\C=C(/C)F)CCOc1nc(N(C=C)c2ccccc2C)ncc1C#N. The van der Waals surface area contributed by atoms with Crippen LogP contribution < -0.4 is 9.64 Å². The van der Waals surface area contributed by atoms with Crippen molar-refractivity contribution in [2.75, 3.05) is 11.5 Å². The maximum atomic E-state index is 13.2. The second-order valence-corrected chi connectivity index (χ2v) is 6.15. The number of aromatic nitrogens is 2. The van der Waals surface area contributed by atoms with E-state index in [1.807, 2.05) is 37.3 Å². The van der Waals surface area contributed by atoms with Crippen molar-refractivity contribution < 1.29 is 9.13 Å². The average Bonchev–Trinajstić information content (AvgIpc) is 2.70. The van der Waals surface area contributed by atoms with E-state index in [4.69, 9.17) is 4.74 Å². The molecule has 0 atom stereocenters. The molecule has 1 aromatic heterocycles. The fourth-order valence-electron chi connectivity index (χ4n) is 2.66. The molecule has 6 heteroatoms. The van der Waals surface area contributed by atoms with Crippen LogP contribution in [0.3, 0.4) is 0 Å². The molecule has 0 fully saturated rings. The minimum Gasteiger partial charge on any atom is -0.476 e. The van der Waals surface area contributed by atoms with E-state index in [0.717, 1.165) is 16.8 Å². The second kappa shape index (κ2) is 10.6. The summed E-state index contributed by atoms with van der Waals surface area (Å²) in [6.45, 7) is 11.0. The van der Waals surface area contributed by atoms with Crippen molar-refractivity contribution in [1.82, 2.24) is 9.97 Å². The predicted molar refractivity (Wildman–Crippen MR) is 114 cm³/mol. The topological polar surface area (TPSA) is 62.0 Å². The Kier molecular flexibility index (Phi) is 7.87. The Bertz CT molecular complexity index is 985. The monoisotopic (exact) mass is 390 g/mol. The number of anilines is 2. The van der Waals surface area contributed by atoms with Crippen molar-refractivity contribution in [3.05, 3.63) is 90.6 Å². The second-order valence-electron chi connectivity index (χ2n) is 6.15. The quantitative estimate of drug-likeness (QED) is 0.515. The zero-order valence-corrected chi connectivity index (χ0v) is 16.6. The zero-order chi connectivity index (χ0) is 21.2. The molecule has 5 nitrogen and oxygen atoms in total. The van der Waals surface area contributed by atoms with Crippen LogP contribution in [0, 0.1) is 18.3 Å². The number of ether oxygens (including phenoxy) is 1. The molecule has 0 unspecified atom stereocenters. The molecular weight excluding hydrogens is 367 g/mol. The molecule has 0 bridgehead atoms. The molecule has 2 aromatic rings. The van der Waals surface area contributed by atoms with Gasteiger partial charge in [0.1, 0.15) is 11.6 Å². The molecule has 0 spiro atoms. The fourth-order valence-corrected chi connectivity index (χ4v) is 2.66. The summed E-state index contributed by atoms with van der Waals surface area (Å²) < 4.78 is 18.9. The van der Waals surface area contributed by atoms with Gasteiger partial charge in [-0.25, -0.2) is 9.37 Å². The molecule has 1 heterocycles. The molecule has 0 N–H and O–H groups in total. The number of nitrogens with zero attached hydrogens (tertiary/aromatic N) is 4. The van der Waals surface area contributed by atoms with E-state index in [1.165, 1.54) is 19.2 Å². The number of para-hydroxylation sites is 1. The Hall–Kier alpha value is -3.72. The summed E-state index contributed by atoms with van der Waals surface area (Å²) in [6, 6.07) is 9.78. The third-order valence-corrected chi connectivity index (χ3v) is 3.98. The molecule has 0 aliphatic carbocycles. The standard InChI is InChI=1S/C23H23FN4O/c1-5-9-19(14-18(4)24)12-13-29-22-20(15-25)16-26-23(27-22)28(6-2)21-11-8-7-10-17(21)3/h5-11,14,16H,1-2,12-13H2,3-4H3/b18-14+,19-9-. The molecule has 29 heavy (non-hydrogen) atoms. The lowest BCUT2D eigenvalue weighted by Gasteiger charge is -2.20. The summed E-state index contributed by atoms with van der Waals surface area (Å²) in [5.74, 6) is 0.196. The molecule has 2 rings (SSSR count). The van der Waals surface area contributed by atoms with Crippen molar-refractivity contribution in [2.45, 2.75) is 20.3 Å². The van der Waals surface area contributed by atoms with Crippen molar-refractivity contribution in [3.63, 3.8) is 0 Å². The molecule has 0 radical (unpaired) electrons. The van der Waals surface area contributed by atoms with Gasteiger partial charge in [0.2, 0.25) is 11.8 Å². The van der Waals surface area contributed by atoms with Gasteiger partial charge in [-0.3, -0.25) is 4.90 Å². The van der Waals surface area contributed by atoms with E-state index in [9.17, 15) is 9.65 Å². The maximum absolute atomic E-state index is 13.2. The number of benzene rings is 1. The van der Waals surface area contributed by atoms with Gasteiger partial charge in [0.15, 0.2) is 0 Å². The number of halogens is 1. The largest absolute Gasteiger partial charge is 0.476 e. The average molecular weight is 390 g/mol. The van der Waals surface area contributed by atoms with Gasteiger partial charge < -0.3 is 4.74 Å². The van der Waals surface area contributed by atoms with Gasteiger partial charge in [0.05, 0.1) is 24.3 Å². The minimum absolute atomic E-state index is 0.164. The summed E-state index contributed by atoms with van der Waals surface area (Å²) in [5, 5.41) is 9.35. The van der Waals surface area contributed by atoms with Crippen molar-refractivity contribution in [3.8, 4) is 11.9 Å². The number of allylic oxidation sites excluding steroid dienone is 4. The van der Waals surface area contributed by atoms with E-state index in [0.29, 0.717) is 12.4 Å². The van der Waals surface area contributed by atoms with Crippen LogP contribution in [0.5, 0.6) is 5.88 Å². The number of aryl methyl sites for hydroxylation is 1. The first-order valence-corrected chi connectivity index (χ1v) is 9.03. The van der Waals surface area contributed by atoms with Crippen LogP contribution >= 0.6 is 0 Å². The minimum atomic E-state index is -0.306. The highest BCUT2D eigenvalue weighted by molar-refractivity contribution is 5.64. The van der Waals surface area contributed by atoms with Gasteiger partial charge >= 0.3 is 0 Å². The van der Waals surface area contributed by atoms with Crippen LogP contribution in [0.4, 0.5) is 16.0 Å². The fraction of sp³-hybridized carbons (Fsp3) is 0.174. The van der Waals surface area contributed by atoms with Gasteiger partial charge in [-0.1, -0.05) is 43.5 Å². The number of hydrogen-bond acceptors (Lipinski definition) is 5. The number of rotatable bonds is 9. The third-order valence-electron chi connectivity index (χ3n) is 3.98. The first-order valence-electron chi connectivity index (χ1n) is 9.03. The summed E-state index contributed by atoms with van der Waals surface area (Å²) in [5.41, 5.74) is 2.84. The molecular formula is C23H23FN4O. The zero-order valence-electron chi connectivity index (χ0n) is 16.6. The van der Waals surface area contributed by atoms with Crippen LogP contribution in [-0.2, 0) is 0 Å². The van der Waals surface area contributed by atoms with Gasteiger partial charge in [0.25, 0.3) is 0 Å². The van der Waals surface area contributed by atoms with E-state index < -0.39 is 0 Å². The lowest BCUT2D eigenvalue weighted by atomic mass is 10.1. The Balaban J connectivity index is 2.27. The Morgan fingerprint density at radius 2 is 2.10 bits per heavy atom. The van der Waals surface area contributed by atoms with Gasteiger partial charge in [-0.05, 0) is 37.1 Å². The maximum Gasteiger partial charge on any atom is 0.237 e.